The van der Waals surface area contributed by atoms with E-state index in [1.54, 1.807) is 21.3 Å². The van der Waals surface area contributed by atoms with Crippen LogP contribution in [-0.4, -0.2) is 35.9 Å². The Hall–Kier alpha value is -0.233. The second-order valence-corrected chi connectivity index (χ2v) is 7.41. The van der Waals surface area contributed by atoms with Crippen molar-refractivity contribution in [2.75, 3.05) is 21.3 Å². The van der Waals surface area contributed by atoms with Crippen LogP contribution < -0.4 is 0 Å². The molecule has 16 heavy (non-hydrogen) atoms. The van der Waals surface area contributed by atoms with Gasteiger partial charge in [-0.1, -0.05) is 0 Å². The van der Waals surface area contributed by atoms with Crippen molar-refractivity contribution < 1.29 is 18.1 Å². The van der Waals surface area contributed by atoms with Crippen molar-refractivity contribution in [3.8, 4) is 0 Å². The number of hydrogen-bond donors (Lipinski definition) is 0. The van der Waals surface area contributed by atoms with Gasteiger partial charge in [-0.05, 0) is 25.2 Å². The molecule has 0 aromatic carbocycles. The van der Waals surface area contributed by atoms with Gasteiger partial charge in [0.1, 0.15) is 5.78 Å². The maximum Gasteiger partial charge on any atom is 0.500 e. The highest BCUT2D eigenvalue weighted by atomic mass is 28.4. The van der Waals surface area contributed by atoms with Crippen molar-refractivity contribution in [1.29, 1.82) is 0 Å². The summed E-state index contributed by atoms with van der Waals surface area (Å²) in [5.74, 6) is 1.04. The predicted molar refractivity (Wildman–Crippen MR) is 63.2 cm³/mol. The molecular weight excluding hydrogens is 224 g/mol. The van der Waals surface area contributed by atoms with Crippen LogP contribution in [0.2, 0.25) is 6.04 Å². The highest BCUT2D eigenvalue weighted by Gasteiger charge is 2.38. The first-order chi connectivity index (χ1) is 7.65. The average molecular weight is 246 g/mol. The number of carbonyl (C=O) groups excluding carboxylic acids is 1. The Bertz CT molecular complexity index is 210. The van der Waals surface area contributed by atoms with Gasteiger partial charge in [0.2, 0.25) is 0 Å². The van der Waals surface area contributed by atoms with Gasteiger partial charge in [0.05, 0.1) is 0 Å². The summed E-state index contributed by atoms with van der Waals surface area (Å²) < 4.78 is 16.1. The highest BCUT2D eigenvalue weighted by molar-refractivity contribution is 6.60. The zero-order valence-electron chi connectivity index (χ0n) is 10.5. The predicted octanol–water partition coefficient (Wildman–Crippen LogP) is 2.01. The topological polar surface area (TPSA) is 44.8 Å². The molecule has 0 amide bonds. The lowest BCUT2D eigenvalue weighted by Gasteiger charge is -2.27. The number of rotatable bonds is 6. The summed E-state index contributed by atoms with van der Waals surface area (Å²) in [5.41, 5.74) is 0. The number of carbonyl (C=O) groups is 1. The lowest BCUT2D eigenvalue weighted by molar-refractivity contribution is -0.121. The minimum atomic E-state index is -2.40. The third-order valence-electron chi connectivity index (χ3n) is 3.45. The summed E-state index contributed by atoms with van der Waals surface area (Å²) >= 11 is 0. The fourth-order valence-electron chi connectivity index (χ4n) is 2.23. The van der Waals surface area contributed by atoms with E-state index in [1.165, 1.54) is 0 Å². The van der Waals surface area contributed by atoms with Gasteiger partial charge in [0.25, 0.3) is 0 Å². The molecule has 1 saturated carbocycles. The summed E-state index contributed by atoms with van der Waals surface area (Å²) in [7, 11) is 2.52. The van der Waals surface area contributed by atoms with Crippen molar-refractivity contribution in [1.82, 2.24) is 0 Å². The molecule has 0 aromatic heterocycles. The molecule has 0 radical (unpaired) electrons. The van der Waals surface area contributed by atoms with Gasteiger partial charge in [-0.25, -0.2) is 0 Å². The van der Waals surface area contributed by atoms with Crippen LogP contribution in [0.3, 0.4) is 0 Å². The summed E-state index contributed by atoms with van der Waals surface area (Å²) in [4.78, 5) is 11.1. The van der Waals surface area contributed by atoms with Gasteiger partial charge >= 0.3 is 8.80 Å². The van der Waals surface area contributed by atoms with Crippen molar-refractivity contribution in [3.05, 3.63) is 0 Å². The molecule has 0 bridgehead atoms. The Balaban J connectivity index is 2.34. The van der Waals surface area contributed by atoms with Crippen LogP contribution in [0, 0.1) is 5.92 Å². The van der Waals surface area contributed by atoms with Gasteiger partial charge < -0.3 is 13.3 Å². The van der Waals surface area contributed by atoms with E-state index in [0.29, 0.717) is 11.7 Å². The van der Waals surface area contributed by atoms with E-state index in [1.807, 2.05) is 0 Å². The van der Waals surface area contributed by atoms with E-state index in [2.05, 4.69) is 0 Å². The first-order valence-electron chi connectivity index (χ1n) is 5.83. The summed E-state index contributed by atoms with van der Waals surface area (Å²) in [6.45, 7) is 0. The summed E-state index contributed by atoms with van der Waals surface area (Å²) in [6.07, 6.45) is 4.55. The van der Waals surface area contributed by atoms with Crippen LogP contribution in [0.1, 0.15) is 32.1 Å². The Labute approximate surface area is 98.6 Å². The van der Waals surface area contributed by atoms with E-state index >= 15 is 0 Å². The van der Waals surface area contributed by atoms with Crippen LogP contribution in [-0.2, 0) is 18.1 Å². The Morgan fingerprint density at radius 1 is 1.12 bits per heavy atom. The Morgan fingerprint density at radius 2 is 1.62 bits per heavy atom. The van der Waals surface area contributed by atoms with Crippen LogP contribution >= 0.6 is 0 Å². The molecule has 1 rings (SSSR count). The van der Waals surface area contributed by atoms with Crippen LogP contribution in [0.4, 0.5) is 0 Å². The van der Waals surface area contributed by atoms with E-state index < -0.39 is 8.80 Å². The second kappa shape index (κ2) is 6.49. The molecule has 4 nitrogen and oxygen atoms in total. The molecule has 1 fully saturated rings. The molecule has 94 valence electrons. The van der Waals surface area contributed by atoms with Gasteiger partial charge in [-0.15, -0.1) is 0 Å². The SMILES string of the molecule is CO[Si](CCC1CCC(=O)CC1)(OC)OC. The van der Waals surface area contributed by atoms with Gasteiger partial charge in [0, 0.05) is 40.2 Å². The number of hydrogen-bond acceptors (Lipinski definition) is 4. The van der Waals surface area contributed by atoms with Gasteiger partial charge in [-0.2, -0.15) is 0 Å². The molecule has 1 aliphatic rings. The van der Waals surface area contributed by atoms with E-state index in [0.717, 1.165) is 38.1 Å². The quantitative estimate of drug-likeness (QED) is 0.673. The molecular formula is C11H22O4Si. The molecule has 0 atom stereocenters. The molecule has 0 heterocycles. The lowest BCUT2D eigenvalue weighted by atomic mass is 9.87. The average Bonchev–Trinajstić information content (AvgIpc) is 2.34. The molecule has 5 heteroatoms. The van der Waals surface area contributed by atoms with Crippen LogP contribution in [0.15, 0.2) is 0 Å². The third-order valence-corrected chi connectivity index (χ3v) is 6.22. The minimum absolute atomic E-state index is 0.407. The van der Waals surface area contributed by atoms with E-state index in [4.69, 9.17) is 13.3 Å². The van der Waals surface area contributed by atoms with Crippen molar-refractivity contribution in [2.24, 2.45) is 5.92 Å². The maximum absolute atomic E-state index is 11.1. The first-order valence-corrected chi connectivity index (χ1v) is 7.76. The monoisotopic (exact) mass is 246 g/mol. The second-order valence-electron chi connectivity index (χ2n) is 4.32. The molecule has 0 saturated heterocycles. The van der Waals surface area contributed by atoms with Gasteiger partial charge in [-0.3, -0.25) is 4.79 Å². The molecule has 0 aromatic rings. The van der Waals surface area contributed by atoms with Gasteiger partial charge in [0.15, 0.2) is 0 Å². The molecule has 0 unspecified atom stereocenters. The van der Waals surface area contributed by atoms with E-state index in [-0.39, 0.29) is 0 Å². The molecule has 1 aliphatic carbocycles. The van der Waals surface area contributed by atoms with E-state index in [9.17, 15) is 4.79 Å². The largest absolute Gasteiger partial charge is 0.500 e. The standard InChI is InChI=1S/C11H22O4Si/c1-13-16(14-2,15-3)9-8-10-4-6-11(12)7-5-10/h10H,4-9H2,1-3H3. The molecule has 0 aliphatic heterocycles. The van der Waals surface area contributed by atoms with Crippen LogP contribution in [0.25, 0.3) is 0 Å². The third kappa shape index (κ3) is 3.66. The zero-order valence-corrected chi connectivity index (χ0v) is 11.5. The van der Waals surface area contributed by atoms with Crippen LogP contribution in [0.5, 0.6) is 0 Å². The summed E-state index contributed by atoms with van der Waals surface area (Å²) in [6, 6.07) is 0.843. The fraction of sp³-hybridized carbons (Fsp3) is 0.909. The van der Waals surface area contributed by atoms with Crippen molar-refractivity contribution in [2.45, 2.75) is 38.1 Å². The molecule has 0 spiro atoms. The normalized spacial score (nSPS) is 19.1. The molecule has 0 N–H and O–H groups in total. The fourth-order valence-corrected chi connectivity index (χ4v) is 4.10. The number of ketones is 1. The summed E-state index contributed by atoms with van der Waals surface area (Å²) in [5, 5.41) is 0. The zero-order chi connectivity index (χ0) is 12.0. The van der Waals surface area contributed by atoms with Crippen molar-refractivity contribution in [3.63, 3.8) is 0 Å². The Kier molecular flexibility index (Phi) is 5.61. The van der Waals surface area contributed by atoms with Crippen molar-refractivity contribution >= 4 is 14.6 Å². The first kappa shape index (κ1) is 13.8. The minimum Gasteiger partial charge on any atom is -0.377 e. The lowest BCUT2D eigenvalue weighted by Crippen LogP contribution is -2.43. The smallest absolute Gasteiger partial charge is 0.377 e. The maximum atomic E-state index is 11.1. The highest BCUT2D eigenvalue weighted by Crippen LogP contribution is 2.28. The number of Topliss-reactive ketones (excluding diaryl/α,β-unsaturated/α-hetero) is 1. The Morgan fingerprint density at radius 3 is 2.06 bits per heavy atom.